The van der Waals surface area contributed by atoms with Crippen molar-refractivity contribution >= 4 is 5.69 Å². The van der Waals surface area contributed by atoms with Gasteiger partial charge in [-0.3, -0.25) is 4.98 Å². The number of nitrogen functional groups attached to an aromatic ring is 1. The summed E-state index contributed by atoms with van der Waals surface area (Å²) in [6.45, 7) is 1.79. The van der Waals surface area contributed by atoms with Crippen molar-refractivity contribution in [1.82, 2.24) is 10.3 Å². The second-order valence-corrected chi connectivity index (χ2v) is 4.10. The molecular weight excluding hydrogens is 190 g/mol. The molecule has 0 aromatic carbocycles. The summed E-state index contributed by atoms with van der Waals surface area (Å²) in [6.07, 6.45) is 5.74. The van der Waals surface area contributed by atoms with Crippen LogP contribution in [0.1, 0.15) is 24.8 Å². The van der Waals surface area contributed by atoms with Crippen molar-refractivity contribution in [2.75, 3.05) is 18.8 Å². The van der Waals surface area contributed by atoms with Crippen molar-refractivity contribution in [2.24, 2.45) is 0 Å². The minimum atomic E-state index is -0.804. The van der Waals surface area contributed by atoms with E-state index in [1.807, 2.05) is 0 Å². The minimum absolute atomic E-state index is 0.634. The van der Waals surface area contributed by atoms with Crippen LogP contribution in [-0.4, -0.2) is 23.2 Å². The lowest BCUT2D eigenvalue weighted by Gasteiger charge is -2.27. The van der Waals surface area contributed by atoms with Crippen LogP contribution in [0.3, 0.4) is 0 Å². The van der Waals surface area contributed by atoms with Gasteiger partial charge in [0.1, 0.15) is 0 Å². The van der Waals surface area contributed by atoms with Crippen LogP contribution in [0.5, 0.6) is 0 Å². The minimum Gasteiger partial charge on any atom is -0.398 e. The molecule has 1 aromatic heterocycles. The summed E-state index contributed by atoms with van der Waals surface area (Å²) in [7, 11) is 0. The Balaban J connectivity index is 2.30. The molecule has 4 heteroatoms. The zero-order valence-electron chi connectivity index (χ0n) is 8.74. The molecule has 82 valence electrons. The fraction of sp³-hybridized carbons (Fsp3) is 0.545. The Morgan fingerprint density at radius 2 is 2.27 bits per heavy atom. The van der Waals surface area contributed by atoms with Crippen LogP contribution in [0.15, 0.2) is 18.5 Å². The van der Waals surface area contributed by atoms with Gasteiger partial charge < -0.3 is 16.2 Å². The number of aromatic nitrogens is 1. The van der Waals surface area contributed by atoms with Crippen molar-refractivity contribution in [3.63, 3.8) is 0 Å². The van der Waals surface area contributed by atoms with Gasteiger partial charge in [-0.15, -0.1) is 0 Å². The monoisotopic (exact) mass is 207 g/mol. The number of hydrogen-bond acceptors (Lipinski definition) is 4. The Bertz CT molecular complexity index is 332. The molecular formula is C11H17N3O. The summed E-state index contributed by atoms with van der Waals surface area (Å²) >= 11 is 0. The molecule has 0 bridgehead atoms. The van der Waals surface area contributed by atoms with Gasteiger partial charge in [-0.05, 0) is 38.4 Å². The van der Waals surface area contributed by atoms with E-state index in [1.165, 1.54) is 0 Å². The van der Waals surface area contributed by atoms with E-state index in [0.29, 0.717) is 12.1 Å². The van der Waals surface area contributed by atoms with E-state index in [1.54, 1.807) is 18.5 Å². The Kier molecular flexibility index (Phi) is 2.88. The molecule has 15 heavy (non-hydrogen) atoms. The maximum Gasteiger partial charge on any atom is 0.0944 e. The standard InChI is InChI=1S/C11H17N3O/c12-10-2-6-14-8-9(10)11(15)3-1-5-13-7-4-11/h2,6,8,13,15H,1,3-5,7H2,(H2,12,14). The predicted molar refractivity (Wildman–Crippen MR) is 59.3 cm³/mol. The number of aliphatic hydroxyl groups is 1. The summed E-state index contributed by atoms with van der Waals surface area (Å²) in [6, 6.07) is 1.74. The summed E-state index contributed by atoms with van der Waals surface area (Å²) in [5.41, 5.74) is 6.47. The van der Waals surface area contributed by atoms with Crippen molar-refractivity contribution in [3.8, 4) is 0 Å². The highest BCUT2D eigenvalue weighted by Crippen LogP contribution is 2.33. The van der Waals surface area contributed by atoms with Crippen LogP contribution in [0.25, 0.3) is 0 Å². The third-order valence-corrected chi connectivity index (χ3v) is 3.02. The molecule has 4 nitrogen and oxygen atoms in total. The highest BCUT2D eigenvalue weighted by Gasteiger charge is 2.31. The molecule has 2 rings (SSSR count). The molecule has 1 saturated heterocycles. The highest BCUT2D eigenvalue weighted by atomic mass is 16.3. The molecule has 0 radical (unpaired) electrons. The SMILES string of the molecule is Nc1ccncc1C1(O)CCCNCC1. The summed E-state index contributed by atoms with van der Waals surface area (Å²) < 4.78 is 0. The van der Waals surface area contributed by atoms with Gasteiger partial charge in [0, 0.05) is 23.6 Å². The highest BCUT2D eigenvalue weighted by molar-refractivity contribution is 5.47. The first-order chi connectivity index (χ1) is 7.22. The second-order valence-electron chi connectivity index (χ2n) is 4.10. The largest absolute Gasteiger partial charge is 0.398 e. The topological polar surface area (TPSA) is 71.2 Å². The lowest BCUT2D eigenvalue weighted by molar-refractivity contribution is 0.0245. The van der Waals surface area contributed by atoms with Gasteiger partial charge in [0.15, 0.2) is 0 Å². The Morgan fingerprint density at radius 1 is 1.40 bits per heavy atom. The molecule has 0 amide bonds. The molecule has 1 aliphatic rings. The summed E-state index contributed by atoms with van der Waals surface area (Å²) in [5.74, 6) is 0. The van der Waals surface area contributed by atoms with Crippen LogP contribution in [0.4, 0.5) is 5.69 Å². The average molecular weight is 207 g/mol. The average Bonchev–Trinajstić information content (AvgIpc) is 2.44. The number of pyridine rings is 1. The fourth-order valence-corrected chi connectivity index (χ4v) is 2.11. The summed E-state index contributed by atoms with van der Waals surface area (Å²) in [5, 5.41) is 13.8. The van der Waals surface area contributed by atoms with Crippen molar-refractivity contribution in [2.45, 2.75) is 24.9 Å². The first kappa shape index (κ1) is 10.4. The molecule has 2 heterocycles. The first-order valence-corrected chi connectivity index (χ1v) is 5.35. The molecule has 0 aliphatic carbocycles. The third kappa shape index (κ3) is 2.11. The maximum absolute atomic E-state index is 10.5. The number of anilines is 1. The van der Waals surface area contributed by atoms with Gasteiger partial charge in [-0.2, -0.15) is 0 Å². The molecule has 1 atom stereocenters. The Hall–Kier alpha value is -1.13. The molecule has 4 N–H and O–H groups in total. The van der Waals surface area contributed by atoms with Gasteiger partial charge in [0.25, 0.3) is 0 Å². The smallest absolute Gasteiger partial charge is 0.0944 e. The maximum atomic E-state index is 10.5. The van der Waals surface area contributed by atoms with E-state index in [0.717, 1.165) is 31.5 Å². The zero-order chi connectivity index (χ0) is 10.7. The van der Waals surface area contributed by atoms with Gasteiger partial charge in [0.2, 0.25) is 0 Å². The van der Waals surface area contributed by atoms with Crippen LogP contribution < -0.4 is 11.1 Å². The molecule has 1 fully saturated rings. The third-order valence-electron chi connectivity index (χ3n) is 3.02. The van der Waals surface area contributed by atoms with Gasteiger partial charge >= 0.3 is 0 Å². The van der Waals surface area contributed by atoms with Gasteiger partial charge in [-0.25, -0.2) is 0 Å². The van der Waals surface area contributed by atoms with Crippen LogP contribution in [0.2, 0.25) is 0 Å². The first-order valence-electron chi connectivity index (χ1n) is 5.35. The van der Waals surface area contributed by atoms with Gasteiger partial charge in [-0.1, -0.05) is 0 Å². The normalized spacial score (nSPS) is 27.3. The zero-order valence-corrected chi connectivity index (χ0v) is 8.74. The van der Waals surface area contributed by atoms with Crippen LogP contribution in [0, 0.1) is 0 Å². The Morgan fingerprint density at radius 3 is 3.07 bits per heavy atom. The van der Waals surface area contributed by atoms with E-state index in [2.05, 4.69) is 10.3 Å². The van der Waals surface area contributed by atoms with E-state index >= 15 is 0 Å². The van der Waals surface area contributed by atoms with Gasteiger partial charge in [0.05, 0.1) is 5.60 Å². The lowest BCUT2D eigenvalue weighted by Crippen LogP contribution is -2.28. The number of nitrogens with zero attached hydrogens (tertiary/aromatic N) is 1. The second kappa shape index (κ2) is 4.16. The van der Waals surface area contributed by atoms with E-state index in [9.17, 15) is 5.11 Å². The molecule has 0 saturated carbocycles. The number of nitrogens with one attached hydrogen (secondary N) is 1. The Labute approximate surface area is 89.5 Å². The van der Waals surface area contributed by atoms with Crippen molar-refractivity contribution in [3.05, 3.63) is 24.0 Å². The van der Waals surface area contributed by atoms with Crippen molar-refractivity contribution < 1.29 is 5.11 Å². The molecule has 1 aromatic rings. The van der Waals surface area contributed by atoms with E-state index < -0.39 is 5.60 Å². The quantitative estimate of drug-likeness (QED) is 0.631. The van der Waals surface area contributed by atoms with Crippen LogP contribution >= 0.6 is 0 Å². The number of rotatable bonds is 1. The lowest BCUT2D eigenvalue weighted by atomic mass is 9.87. The number of nitrogens with two attached hydrogens (primary N) is 1. The van der Waals surface area contributed by atoms with E-state index in [-0.39, 0.29) is 0 Å². The molecule has 1 aliphatic heterocycles. The van der Waals surface area contributed by atoms with Crippen molar-refractivity contribution in [1.29, 1.82) is 0 Å². The molecule has 0 spiro atoms. The molecule has 1 unspecified atom stereocenters. The summed E-state index contributed by atoms with van der Waals surface area (Å²) in [4.78, 5) is 4.04. The predicted octanol–water partition coefficient (Wildman–Crippen LogP) is 0.625. The van der Waals surface area contributed by atoms with E-state index in [4.69, 9.17) is 5.73 Å². The fourth-order valence-electron chi connectivity index (χ4n) is 2.11. The number of hydrogen-bond donors (Lipinski definition) is 3. The van der Waals surface area contributed by atoms with Crippen LogP contribution in [-0.2, 0) is 5.60 Å².